The van der Waals surface area contributed by atoms with Gasteiger partial charge in [-0.25, -0.2) is 4.98 Å². The van der Waals surface area contributed by atoms with E-state index in [0.29, 0.717) is 12.5 Å². The molecule has 0 saturated heterocycles. The van der Waals surface area contributed by atoms with Gasteiger partial charge in [-0.15, -0.1) is 11.3 Å². The molecule has 1 amide bonds. The van der Waals surface area contributed by atoms with Crippen molar-refractivity contribution < 1.29 is 9.53 Å². The Balaban J connectivity index is 1.33. The molecule has 2 atom stereocenters. The molecule has 1 heterocycles. The number of amides is 1. The zero-order chi connectivity index (χ0) is 17.9. The van der Waals surface area contributed by atoms with Gasteiger partial charge in [-0.3, -0.25) is 4.79 Å². The van der Waals surface area contributed by atoms with E-state index in [4.69, 9.17) is 4.74 Å². The molecule has 1 fully saturated rings. The van der Waals surface area contributed by atoms with Crippen molar-refractivity contribution in [2.24, 2.45) is 5.92 Å². The average Bonchev–Trinajstić information content (AvgIpc) is 3.37. The highest BCUT2D eigenvalue weighted by Crippen LogP contribution is 2.47. The fourth-order valence-corrected chi connectivity index (χ4v) is 3.88. The number of benzene rings is 2. The largest absolute Gasteiger partial charge is 0.497 e. The molecule has 1 aromatic heterocycles. The van der Waals surface area contributed by atoms with Crippen LogP contribution in [0.5, 0.6) is 5.75 Å². The molecule has 0 bridgehead atoms. The Hall–Kier alpha value is -2.66. The summed E-state index contributed by atoms with van der Waals surface area (Å²) in [6, 6.07) is 18.1. The molecule has 0 aliphatic heterocycles. The van der Waals surface area contributed by atoms with Crippen LogP contribution in [0.1, 0.15) is 22.9 Å². The summed E-state index contributed by atoms with van der Waals surface area (Å²) in [5, 5.41) is 5.97. The van der Waals surface area contributed by atoms with Gasteiger partial charge in [0, 0.05) is 16.9 Å². The number of nitrogens with zero attached hydrogens (tertiary/aromatic N) is 1. The number of methoxy groups -OCH3 is 1. The Kier molecular flexibility index (Phi) is 4.71. The summed E-state index contributed by atoms with van der Waals surface area (Å²) in [5.41, 5.74) is 3.23. The molecule has 132 valence electrons. The normalized spacial score (nSPS) is 18.3. The number of ether oxygens (including phenoxy) is 1. The van der Waals surface area contributed by atoms with Crippen LogP contribution in [0.2, 0.25) is 0 Å². The van der Waals surface area contributed by atoms with Gasteiger partial charge in [-0.2, -0.15) is 0 Å². The Bertz CT molecular complexity index is 890. The predicted molar refractivity (Wildman–Crippen MR) is 103 cm³/mol. The molecule has 1 aliphatic rings. The van der Waals surface area contributed by atoms with Crippen molar-refractivity contribution in [1.82, 2.24) is 10.3 Å². The lowest BCUT2D eigenvalue weighted by atomic mass is 10.1. The number of rotatable bonds is 6. The van der Waals surface area contributed by atoms with Gasteiger partial charge in [0.1, 0.15) is 10.8 Å². The first kappa shape index (κ1) is 16.8. The molecule has 1 saturated carbocycles. The van der Waals surface area contributed by atoms with Crippen LogP contribution in [0, 0.1) is 5.92 Å². The van der Waals surface area contributed by atoms with Crippen LogP contribution in [0.25, 0.3) is 11.3 Å². The molecule has 4 rings (SSSR count). The topological polar surface area (TPSA) is 51.2 Å². The summed E-state index contributed by atoms with van der Waals surface area (Å²) >= 11 is 1.57. The second-order valence-corrected chi connectivity index (χ2v) is 7.37. The standard InChI is InChI=1S/C21H20N2O2S/c1-25-16-9-7-15(8-10-16)19-13-26-20(23-19)12-22-21(24)18-11-17(18)14-5-3-2-4-6-14/h2-10,13,17-18H,11-12H2,1H3,(H,22,24). The molecular weight excluding hydrogens is 344 g/mol. The minimum absolute atomic E-state index is 0.0958. The lowest BCUT2D eigenvalue weighted by Gasteiger charge is -2.03. The van der Waals surface area contributed by atoms with E-state index >= 15 is 0 Å². The predicted octanol–water partition coefficient (Wildman–Crippen LogP) is 4.24. The highest BCUT2D eigenvalue weighted by atomic mass is 32.1. The molecule has 0 radical (unpaired) electrons. The number of hydrogen-bond acceptors (Lipinski definition) is 4. The molecule has 3 aromatic rings. The number of carbonyl (C=O) groups excluding carboxylic acids is 1. The lowest BCUT2D eigenvalue weighted by molar-refractivity contribution is -0.122. The van der Waals surface area contributed by atoms with Crippen molar-refractivity contribution in [2.75, 3.05) is 7.11 Å². The van der Waals surface area contributed by atoms with Gasteiger partial charge in [0.25, 0.3) is 0 Å². The van der Waals surface area contributed by atoms with E-state index in [1.54, 1.807) is 18.4 Å². The summed E-state index contributed by atoms with van der Waals surface area (Å²) in [6.45, 7) is 0.484. The van der Waals surface area contributed by atoms with Crippen molar-refractivity contribution in [1.29, 1.82) is 0 Å². The molecule has 1 N–H and O–H groups in total. The average molecular weight is 364 g/mol. The maximum Gasteiger partial charge on any atom is 0.224 e. The first-order chi connectivity index (χ1) is 12.7. The van der Waals surface area contributed by atoms with Crippen LogP contribution < -0.4 is 10.1 Å². The summed E-state index contributed by atoms with van der Waals surface area (Å²) in [6.07, 6.45) is 0.935. The van der Waals surface area contributed by atoms with Crippen molar-refractivity contribution in [3.63, 3.8) is 0 Å². The van der Waals surface area contributed by atoms with E-state index in [1.165, 1.54) is 5.56 Å². The Labute approximate surface area is 156 Å². The van der Waals surface area contributed by atoms with Crippen LogP contribution in [0.4, 0.5) is 0 Å². The minimum Gasteiger partial charge on any atom is -0.497 e. The first-order valence-corrected chi connectivity index (χ1v) is 9.54. The third kappa shape index (κ3) is 3.63. The zero-order valence-corrected chi connectivity index (χ0v) is 15.3. The van der Waals surface area contributed by atoms with Gasteiger partial charge in [0.2, 0.25) is 5.91 Å². The van der Waals surface area contributed by atoms with Gasteiger partial charge < -0.3 is 10.1 Å². The van der Waals surface area contributed by atoms with Crippen LogP contribution >= 0.6 is 11.3 Å². The fraction of sp³-hybridized carbons (Fsp3) is 0.238. The van der Waals surface area contributed by atoms with E-state index in [2.05, 4.69) is 22.4 Å². The van der Waals surface area contributed by atoms with Crippen molar-refractivity contribution in [2.45, 2.75) is 18.9 Å². The van der Waals surface area contributed by atoms with Crippen molar-refractivity contribution >= 4 is 17.2 Å². The summed E-state index contributed by atoms with van der Waals surface area (Å²) in [4.78, 5) is 17.0. The van der Waals surface area contributed by atoms with E-state index in [9.17, 15) is 4.79 Å². The second-order valence-electron chi connectivity index (χ2n) is 6.43. The van der Waals surface area contributed by atoms with E-state index in [1.807, 2.05) is 47.8 Å². The maximum atomic E-state index is 12.4. The molecule has 1 aliphatic carbocycles. The van der Waals surface area contributed by atoms with Crippen LogP contribution in [-0.4, -0.2) is 18.0 Å². The van der Waals surface area contributed by atoms with E-state index in [-0.39, 0.29) is 11.8 Å². The monoisotopic (exact) mass is 364 g/mol. The number of thiazole rings is 1. The van der Waals surface area contributed by atoms with E-state index in [0.717, 1.165) is 28.4 Å². The first-order valence-electron chi connectivity index (χ1n) is 8.66. The van der Waals surface area contributed by atoms with Crippen LogP contribution in [-0.2, 0) is 11.3 Å². The van der Waals surface area contributed by atoms with Crippen molar-refractivity contribution in [3.05, 3.63) is 70.5 Å². The maximum absolute atomic E-state index is 12.4. The van der Waals surface area contributed by atoms with Crippen LogP contribution in [0.15, 0.2) is 60.0 Å². The lowest BCUT2D eigenvalue weighted by Crippen LogP contribution is -2.24. The molecule has 2 unspecified atom stereocenters. The highest BCUT2D eigenvalue weighted by molar-refractivity contribution is 7.09. The summed E-state index contributed by atoms with van der Waals surface area (Å²) in [7, 11) is 1.65. The fourth-order valence-electron chi connectivity index (χ4n) is 3.13. The second kappa shape index (κ2) is 7.30. The molecule has 4 nitrogen and oxygen atoms in total. The minimum atomic E-state index is 0.0958. The van der Waals surface area contributed by atoms with Gasteiger partial charge in [-0.05, 0) is 42.2 Å². The quantitative estimate of drug-likeness (QED) is 0.712. The molecule has 2 aromatic carbocycles. The number of hydrogen-bond donors (Lipinski definition) is 1. The van der Waals surface area contributed by atoms with E-state index < -0.39 is 0 Å². The molecular formula is C21H20N2O2S. The zero-order valence-electron chi connectivity index (χ0n) is 14.5. The Morgan fingerprint density at radius 3 is 2.69 bits per heavy atom. The highest BCUT2D eigenvalue weighted by Gasteiger charge is 2.43. The Morgan fingerprint density at radius 2 is 1.96 bits per heavy atom. The number of aromatic nitrogens is 1. The third-order valence-electron chi connectivity index (χ3n) is 4.71. The van der Waals surface area contributed by atoms with Gasteiger partial charge >= 0.3 is 0 Å². The summed E-state index contributed by atoms with van der Waals surface area (Å²) < 4.78 is 5.18. The third-order valence-corrected chi connectivity index (χ3v) is 5.56. The smallest absolute Gasteiger partial charge is 0.224 e. The Morgan fingerprint density at radius 1 is 1.19 bits per heavy atom. The number of carbonyl (C=O) groups is 1. The number of nitrogens with one attached hydrogen (secondary N) is 1. The van der Waals surface area contributed by atoms with Gasteiger partial charge in [0.05, 0.1) is 19.3 Å². The van der Waals surface area contributed by atoms with Gasteiger partial charge in [0.15, 0.2) is 0 Å². The van der Waals surface area contributed by atoms with Crippen LogP contribution in [0.3, 0.4) is 0 Å². The molecule has 0 spiro atoms. The SMILES string of the molecule is COc1ccc(-c2csc(CNC(=O)C3CC3c3ccccc3)n2)cc1. The van der Waals surface area contributed by atoms with Crippen molar-refractivity contribution in [3.8, 4) is 17.0 Å². The molecule has 5 heteroatoms. The summed E-state index contributed by atoms with van der Waals surface area (Å²) in [5.74, 6) is 1.41. The van der Waals surface area contributed by atoms with Gasteiger partial charge in [-0.1, -0.05) is 30.3 Å². The molecule has 26 heavy (non-hydrogen) atoms.